The molecule has 0 heterocycles. The molecule has 2 atom stereocenters. The first-order chi connectivity index (χ1) is 8.56. The molecule has 4 heteroatoms. The van der Waals surface area contributed by atoms with Crippen LogP contribution in [0.1, 0.15) is 31.2 Å². The van der Waals surface area contributed by atoms with Crippen LogP contribution in [0, 0.1) is 12.8 Å². The van der Waals surface area contributed by atoms with Gasteiger partial charge in [0.2, 0.25) is 5.91 Å². The number of phenolic OH excluding ortho intramolecular Hbond substituents is 1. The molecule has 1 aromatic rings. The van der Waals surface area contributed by atoms with Crippen LogP contribution in [-0.4, -0.2) is 17.1 Å². The van der Waals surface area contributed by atoms with Crippen LogP contribution in [0.2, 0.25) is 0 Å². The van der Waals surface area contributed by atoms with Crippen molar-refractivity contribution < 1.29 is 9.90 Å². The summed E-state index contributed by atoms with van der Waals surface area (Å²) in [4.78, 5) is 12.1. The van der Waals surface area contributed by atoms with E-state index in [2.05, 4.69) is 5.32 Å². The number of benzene rings is 1. The topological polar surface area (TPSA) is 75.3 Å². The lowest BCUT2D eigenvalue weighted by Gasteiger charge is -2.25. The van der Waals surface area contributed by atoms with Gasteiger partial charge in [0.25, 0.3) is 0 Å². The van der Waals surface area contributed by atoms with Gasteiger partial charge in [-0.3, -0.25) is 4.79 Å². The molecule has 2 unspecified atom stereocenters. The lowest BCUT2D eigenvalue weighted by Crippen LogP contribution is -2.34. The van der Waals surface area contributed by atoms with Crippen molar-refractivity contribution in [3.63, 3.8) is 0 Å². The SMILES string of the molecule is Cc1cc(O)ccc1NC(=O)C1CCCC(N)C1. The average Bonchev–Trinajstić information content (AvgIpc) is 2.32. The molecule has 4 N–H and O–H groups in total. The number of rotatable bonds is 2. The average molecular weight is 248 g/mol. The normalized spacial score (nSPS) is 23.7. The van der Waals surface area contributed by atoms with Gasteiger partial charge < -0.3 is 16.2 Å². The van der Waals surface area contributed by atoms with Gasteiger partial charge in [0.05, 0.1) is 0 Å². The summed E-state index contributed by atoms with van der Waals surface area (Å²) in [7, 11) is 0. The lowest BCUT2D eigenvalue weighted by molar-refractivity contribution is -0.120. The molecule has 0 spiro atoms. The summed E-state index contributed by atoms with van der Waals surface area (Å²) < 4.78 is 0. The molecule has 0 radical (unpaired) electrons. The lowest BCUT2D eigenvalue weighted by atomic mass is 9.85. The molecule has 18 heavy (non-hydrogen) atoms. The van der Waals surface area contributed by atoms with Gasteiger partial charge in [-0.25, -0.2) is 0 Å². The molecule has 2 rings (SSSR count). The highest BCUT2D eigenvalue weighted by atomic mass is 16.3. The molecule has 98 valence electrons. The largest absolute Gasteiger partial charge is 0.508 e. The predicted molar refractivity (Wildman–Crippen MR) is 71.4 cm³/mol. The quantitative estimate of drug-likeness (QED) is 0.702. The summed E-state index contributed by atoms with van der Waals surface area (Å²) in [6, 6.07) is 5.10. The summed E-state index contributed by atoms with van der Waals surface area (Å²) in [6.07, 6.45) is 3.72. The van der Waals surface area contributed by atoms with Gasteiger partial charge in [-0.2, -0.15) is 0 Å². The van der Waals surface area contributed by atoms with Crippen LogP contribution in [0.4, 0.5) is 5.69 Å². The molecular formula is C14H20N2O2. The molecule has 0 aliphatic heterocycles. The maximum atomic E-state index is 12.1. The molecule has 4 nitrogen and oxygen atoms in total. The zero-order chi connectivity index (χ0) is 13.1. The van der Waals surface area contributed by atoms with Gasteiger partial charge in [0.1, 0.15) is 5.75 Å². The summed E-state index contributed by atoms with van der Waals surface area (Å²) in [5, 5.41) is 12.2. The molecule has 1 fully saturated rings. The number of aryl methyl sites for hydroxylation is 1. The monoisotopic (exact) mass is 248 g/mol. The number of carbonyl (C=O) groups excluding carboxylic acids is 1. The molecule has 1 amide bonds. The maximum Gasteiger partial charge on any atom is 0.227 e. The van der Waals surface area contributed by atoms with Crippen molar-refractivity contribution >= 4 is 11.6 Å². The number of phenols is 1. The van der Waals surface area contributed by atoms with E-state index >= 15 is 0 Å². The Hall–Kier alpha value is -1.55. The molecular weight excluding hydrogens is 228 g/mol. The van der Waals surface area contributed by atoms with Crippen molar-refractivity contribution in [3.8, 4) is 5.75 Å². The molecule has 1 saturated carbocycles. The molecule has 1 aliphatic rings. The molecule has 0 bridgehead atoms. The standard InChI is InChI=1S/C14H20N2O2/c1-9-7-12(17)5-6-13(9)16-14(18)10-3-2-4-11(15)8-10/h5-7,10-11,17H,2-4,8,15H2,1H3,(H,16,18). The summed E-state index contributed by atoms with van der Waals surface area (Å²) in [5.74, 6) is 0.270. The van der Waals surface area contributed by atoms with Crippen LogP contribution in [-0.2, 0) is 4.79 Å². The Morgan fingerprint density at radius 2 is 2.22 bits per heavy atom. The fraction of sp³-hybridized carbons (Fsp3) is 0.500. The molecule has 1 aromatic carbocycles. The third-order valence-corrected chi connectivity index (χ3v) is 3.55. The van der Waals surface area contributed by atoms with E-state index in [1.165, 1.54) is 0 Å². The second kappa shape index (κ2) is 5.40. The van der Waals surface area contributed by atoms with Crippen molar-refractivity contribution in [2.24, 2.45) is 11.7 Å². The van der Waals surface area contributed by atoms with Crippen LogP contribution < -0.4 is 11.1 Å². The van der Waals surface area contributed by atoms with Crippen molar-refractivity contribution in [1.82, 2.24) is 0 Å². The van der Waals surface area contributed by atoms with E-state index in [1.54, 1.807) is 18.2 Å². The van der Waals surface area contributed by atoms with E-state index in [-0.39, 0.29) is 23.6 Å². The van der Waals surface area contributed by atoms with Crippen molar-refractivity contribution in [3.05, 3.63) is 23.8 Å². The molecule has 1 aliphatic carbocycles. The zero-order valence-corrected chi connectivity index (χ0v) is 10.6. The molecule has 0 aromatic heterocycles. The Kier molecular flexibility index (Phi) is 3.87. The summed E-state index contributed by atoms with van der Waals surface area (Å²) in [5.41, 5.74) is 7.52. The van der Waals surface area contributed by atoms with Crippen LogP contribution in [0.3, 0.4) is 0 Å². The first-order valence-corrected chi connectivity index (χ1v) is 6.42. The Bertz CT molecular complexity index is 445. The third kappa shape index (κ3) is 3.01. The number of carbonyl (C=O) groups is 1. The number of anilines is 1. The number of nitrogens with one attached hydrogen (secondary N) is 1. The second-order valence-electron chi connectivity index (χ2n) is 5.11. The summed E-state index contributed by atoms with van der Waals surface area (Å²) in [6.45, 7) is 1.86. The first-order valence-electron chi connectivity index (χ1n) is 6.42. The first kappa shape index (κ1) is 12.9. The Balaban J connectivity index is 2.02. The highest BCUT2D eigenvalue weighted by Crippen LogP contribution is 2.26. The van der Waals surface area contributed by atoms with E-state index in [1.807, 2.05) is 6.92 Å². The van der Waals surface area contributed by atoms with Gasteiger partial charge in [-0.1, -0.05) is 6.42 Å². The minimum Gasteiger partial charge on any atom is -0.508 e. The number of aromatic hydroxyl groups is 1. The van der Waals surface area contributed by atoms with E-state index in [0.717, 1.165) is 36.9 Å². The Morgan fingerprint density at radius 1 is 1.44 bits per heavy atom. The highest BCUT2D eigenvalue weighted by molar-refractivity contribution is 5.93. The Labute approximate surface area is 107 Å². The van der Waals surface area contributed by atoms with Gasteiger partial charge in [-0.05, 0) is 49.9 Å². The zero-order valence-electron chi connectivity index (χ0n) is 10.6. The predicted octanol–water partition coefficient (Wildman–Crippen LogP) is 2.16. The Morgan fingerprint density at radius 3 is 2.89 bits per heavy atom. The molecule has 0 saturated heterocycles. The third-order valence-electron chi connectivity index (χ3n) is 3.55. The van der Waals surface area contributed by atoms with Crippen molar-refractivity contribution in [2.45, 2.75) is 38.6 Å². The van der Waals surface area contributed by atoms with E-state index in [9.17, 15) is 9.90 Å². The fourth-order valence-corrected chi connectivity index (χ4v) is 2.49. The fourth-order valence-electron chi connectivity index (χ4n) is 2.49. The minimum absolute atomic E-state index is 0.0157. The smallest absolute Gasteiger partial charge is 0.227 e. The van der Waals surface area contributed by atoms with E-state index < -0.39 is 0 Å². The van der Waals surface area contributed by atoms with Crippen LogP contribution in [0.15, 0.2) is 18.2 Å². The van der Waals surface area contributed by atoms with E-state index in [4.69, 9.17) is 5.73 Å². The van der Waals surface area contributed by atoms with Crippen molar-refractivity contribution in [2.75, 3.05) is 5.32 Å². The van der Waals surface area contributed by atoms with Crippen LogP contribution >= 0.6 is 0 Å². The number of amides is 1. The number of hydrogen-bond acceptors (Lipinski definition) is 3. The number of nitrogens with two attached hydrogens (primary N) is 1. The maximum absolute atomic E-state index is 12.1. The summed E-state index contributed by atoms with van der Waals surface area (Å²) >= 11 is 0. The second-order valence-corrected chi connectivity index (χ2v) is 5.11. The van der Waals surface area contributed by atoms with Gasteiger partial charge in [0.15, 0.2) is 0 Å². The minimum atomic E-state index is 0.0157. The van der Waals surface area contributed by atoms with E-state index in [0.29, 0.717) is 0 Å². The van der Waals surface area contributed by atoms with Gasteiger partial charge in [0, 0.05) is 17.6 Å². The van der Waals surface area contributed by atoms with Crippen LogP contribution in [0.5, 0.6) is 5.75 Å². The van der Waals surface area contributed by atoms with Gasteiger partial charge in [-0.15, -0.1) is 0 Å². The van der Waals surface area contributed by atoms with Crippen LogP contribution in [0.25, 0.3) is 0 Å². The number of hydrogen-bond donors (Lipinski definition) is 3. The van der Waals surface area contributed by atoms with Crippen molar-refractivity contribution in [1.29, 1.82) is 0 Å². The highest BCUT2D eigenvalue weighted by Gasteiger charge is 2.25. The van der Waals surface area contributed by atoms with Gasteiger partial charge >= 0.3 is 0 Å².